The fourth-order valence-corrected chi connectivity index (χ4v) is 4.81. The smallest absolute Gasteiger partial charge is 0.341 e. The number of benzene rings is 4. The topological polar surface area (TPSA) is 41.9 Å². The Balaban J connectivity index is 1.79. The summed E-state index contributed by atoms with van der Waals surface area (Å²) in [6, 6.07) is 39.8. The van der Waals surface area contributed by atoms with Gasteiger partial charge >= 0.3 is 5.97 Å². The van der Waals surface area contributed by atoms with Crippen molar-refractivity contribution in [3.63, 3.8) is 0 Å². The predicted octanol–water partition coefficient (Wildman–Crippen LogP) is 5.76. The number of nitrogens with zero attached hydrogens (tertiary/aromatic N) is 2. The SMILES string of the molecule is COC(=O)[C@@]1(c2ccccc2)N=C(c2ccccc2)N(Cc2ccccc2)[C@H]1c1ccccc1. The second-order valence-electron chi connectivity index (χ2n) is 8.35. The van der Waals surface area contributed by atoms with Crippen LogP contribution in [0.3, 0.4) is 0 Å². The minimum atomic E-state index is -1.25. The van der Waals surface area contributed by atoms with E-state index < -0.39 is 5.54 Å². The van der Waals surface area contributed by atoms with Gasteiger partial charge in [0.1, 0.15) is 5.84 Å². The molecule has 0 saturated heterocycles. The van der Waals surface area contributed by atoms with Crippen molar-refractivity contribution in [2.24, 2.45) is 4.99 Å². The van der Waals surface area contributed by atoms with E-state index in [0.717, 1.165) is 28.1 Å². The molecular formula is C30H26N2O2. The van der Waals surface area contributed by atoms with E-state index in [2.05, 4.69) is 29.2 Å². The first-order valence-electron chi connectivity index (χ1n) is 11.4. The first-order valence-corrected chi connectivity index (χ1v) is 11.4. The second kappa shape index (κ2) is 9.36. The number of methoxy groups -OCH3 is 1. The van der Waals surface area contributed by atoms with Gasteiger partial charge in [-0.15, -0.1) is 0 Å². The number of amidine groups is 1. The average molecular weight is 447 g/mol. The molecule has 0 bridgehead atoms. The zero-order valence-corrected chi connectivity index (χ0v) is 19.0. The molecule has 1 heterocycles. The van der Waals surface area contributed by atoms with Crippen LogP contribution in [0.5, 0.6) is 0 Å². The molecule has 0 aliphatic carbocycles. The minimum absolute atomic E-state index is 0.378. The van der Waals surface area contributed by atoms with Gasteiger partial charge in [0, 0.05) is 12.1 Å². The standard InChI is InChI=1S/C30H26N2O2/c1-34-29(33)30(26-20-12-5-13-21-26)27(24-16-8-3-9-17-24)32(22-23-14-6-2-7-15-23)28(31-30)25-18-10-4-11-19-25/h2-21,27H,22H2,1H3/t27-,30-/m0/s1. The lowest BCUT2D eigenvalue weighted by Gasteiger charge is -2.37. The monoisotopic (exact) mass is 446 g/mol. The minimum Gasteiger partial charge on any atom is -0.467 e. The fourth-order valence-electron chi connectivity index (χ4n) is 4.81. The van der Waals surface area contributed by atoms with Gasteiger partial charge in [-0.2, -0.15) is 0 Å². The molecule has 0 aromatic heterocycles. The third-order valence-electron chi connectivity index (χ3n) is 6.32. The van der Waals surface area contributed by atoms with E-state index in [1.54, 1.807) is 0 Å². The molecule has 1 aliphatic heterocycles. The van der Waals surface area contributed by atoms with Gasteiger partial charge < -0.3 is 9.64 Å². The van der Waals surface area contributed by atoms with Crippen molar-refractivity contribution in [2.45, 2.75) is 18.1 Å². The Kier molecular flexibility index (Phi) is 5.96. The second-order valence-corrected chi connectivity index (χ2v) is 8.35. The van der Waals surface area contributed by atoms with E-state index in [-0.39, 0.29) is 12.0 Å². The number of hydrogen-bond acceptors (Lipinski definition) is 4. The number of esters is 1. The molecule has 4 heteroatoms. The highest BCUT2D eigenvalue weighted by Gasteiger charge is 2.57. The molecule has 0 spiro atoms. The molecule has 0 fully saturated rings. The highest BCUT2D eigenvalue weighted by atomic mass is 16.5. The summed E-state index contributed by atoms with van der Waals surface area (Å²) >= 11 is 0. The molecule has 34 heavy (non-hydrogen) atoms. The van der Waals surface area contributed by atoms with Crippen LogP contribution in [0.4, 0.5) is 0 Å². The normalized spacial score (nSPS) is 19.5. The van der Waals surface area contributed by atoms with Gasteiger partial charge in [-0.3, -0.25) is 0 Å². The van der Waals surface area contributed by atoms with Gasteiger partial charge in [0.05, 0.1) is 13.2 Å². The summed E-state index contributed by atoms with van der Waals surface area (Å²) in [5.41, 5.74) is 2.65. The molecule has 0 saturated carbocycles. The number of rotatable bonds is 6. The number of carbonyl (C=O) groups is 1. The summed E-state index contributed by atoms with van der Waals surface area (Å²) < 4.78 is 5.45. The van der Waals surface area contributed by atoms with E-state index in [1.807, 2.05) is 97.1 Å². The summed E-state index contributed by atoms with van der Waals surface area (Å²) in [7, 11) is 1.44. The van der Waals surface area contributed by atoms with Crippen molar-refractivity contribution in [1.82, 2.24) is 4.90 Å². The van der Waals surface area contributed by atoms with Crippen LogP contribution in [0.2, 0.25) is 0 Å². The lowest BCUT2D eigenvalue weighted by molar-refractivity contribution is -0.149. The fraction of sp³-hybridized carbons (Fsp3) is 0.133. The first kappa shape index (κ1) is 21.7. The number of ether oxygens (including phenoxy) is 1. The zero-order valence-electron chi connectivity index (χ0n) is 19.0. The maximum Gasteiger partial charge on any atom is 0.341 e. The molecule has 5 rings (SSSR count). The number of hydrogen-bond donors (Lipinski definition) is 0. The summed E-state index contributed by atoms with van der Waals surface area (Å²) in [4.78, 5) is 21.2. The van der Waals surface area contributed by atoms with Crippen LogP contribution < -0.4 is 0 Å². The summed E-state index contributed by atoms with van der Waals surface area (Å²) in [6.45, 7) is 0.597. The maximum atomic E-state index is 13.7. The van der Waals surface area contributed by atoms with E-state index in [1.165, 1.54) is 7.11 Å². The van der Waals surface area contributed by atoms with Crippen LogP contribution in [-0.4, -0.2) is 23.8 Å². The van der Waals surface area contributed by atoms with Crippen LogP contribution in [0.1, 0.15) is 28.3 Å². The van der Waals surface area contributed by atoms with Crippen molar-refractivity contribution in [3.05, 3.63) is 144 Å². The Labute approximate surface area is 200 Å². The molecule has 2 atom stereocenters. The summed E-state index contributed by atoms with van der Waals surface area (Å²) in [5.74, 6) is 0.393. The molecule has 4 nitrogen and oxygen atoms in total. The molecule has 0 radical (unpaired) electrons. The molecule has 0 N–H and O–H groups in total. The highest BCUT2D eigenvalue weighted by molar-refractivity contribution is 6.04. The summed E-state index contributed by atoms with van der Waals surface area (Å²) in [6.07, 6.45) is 0. The Hall–Kier alpha value is -4.18. The predicted molar refractivity (Wildman–Crippen MR) is 134 cm³/mol. The number of aliphatic imine (C=N–C) groups is 1. The lowest BCUT2D eigenvalue weighted by Crippen LogP contribution is -2.44. The quantitative estimate of drug-likeness (QED) is 0.354. The zero-order chi connectivity index (χ0) is 23.4. The molecule has 0 unspecified atom stereocenters. The van der Waals surface area contributed by atoms with Crippen molar-refractivity contribution >= 4 is 11.8 Å². The van der Waals surface area contributed by atoms with Gasteiger partial charge in [-0.1, -0.05) is 121 Å². The van der Waals surface area contributed by atoms with Gasteiger partial charge in [0.2, 0.25) is 5.54 Å². The first-order chi connectivity index (χ1) is 16.7. The molecule has 4 aromatic carbocycles. The van der Waals surface area contributed by atoms with E-state index >= 15 is 0 Å². The Morgan fingerprint density at radius 1 is 0.794 bits per heavy atom. The molecule has 1 aliphatic rings. The Bertz CT molecular complexity index is 1270. The van der Waals surface area contributed by atoms with Crippen molar-refractivity contribution in [3.8, 4) is 0 Å². The molecule has 168 valence electrons. The van der Waals surface area contributed by atoms with Crippen LogP contribution in [-0.2, 0) is 21.6 Å². The lowest BCUT2D eigenvalue weighted by atomic mass is 9.79. The van der Waals surface area contributed by atoms with Crippen LogP contribution in [0.15, 0.2) is 126 Å². The van der Waals surface area contributed by atoms with Gasteiger partial charge in [0.15, 0.2) is 0 Å². The molecular weight excluding hydrogens is 420 g/mol. The van der Waals surface area contributed by atoms with Gasteiger partial charge in [-0.25, -0.2) is 9.79 Å². The number of carbonyl (C=O) groups excluding carboxylic acids is 1. The van der Waals surface area contributed by atoms with Crippen LogP contribution in [0.25, 0.3) is 0 Å². The average Bonchev–Trinajstić information content (AvgIpc) is 3.26. The van der Waals surface area contributed by atoms with Crippen molar-refractivity contribution in [2.75, 3.05) is 7.11 Å². The highest BCUT2D eigenvalue weighted by Crippen LogP contribution is 2.49. The largest absolute Gasteiger partial charge is 0.467 e. The third-order valence-corrected chi connectivity index (χ3v) is 6.32. The summed E-state index contributed by atoms with van der Waals surface area (Å²) in [5, 5.41) is 0. The Morgan fingerprint density at radius 3 is 1.91 bits per heavy atom. The van der Waals surface area contributed by atoms with Crippen LogP contribution in [0, 0.1) is 0 Å². The van der Waals surface area contributed by atoms with E-state index in [0.29, 0.717) is 6.54 Å². The van der Waals surface area contributed by atoms with Crippen LogP contribution >= 0.6 is 0 Å². The third kappa shape index (κ3) is 3.77. The van der Waals surface area contributed by atoms with Crippen molar-refractivity contribution < 1.29 is 9.53 Å². The van der Waals surface area contributed by atoms with Gasteiger partial charge in [-0.05, 0) is 16.7 Å². The van der Waals surface area contributed by atoms with Crippen molar-refractivity contribution in [1.29, 1.82) is 0 Å². The Morgan fingerprint density at radius 2 is 1.32 bits per heavy atom. The van der Waals surface area contributed by atoms with E-state index in [9.17, 15) is 4.79 Å². The van der Waals surface area contributed by atoms with E-state index in [4.69, 9.17) is 9.73 Å². The maximum absolute atomic E-state index is 13.7. The van der Waals surface area contributed by atoms with Gasteiger partial charge in [0.25, 0.3) is 0 Å². The molecule has 0 amide bonds. The molecule has 4 aromatic rings.